The summed E-state index contributed by atoms with van der Waals surface area (Å²) in [6, 6.07) is 8.39. The summed E-state index contributed by atoms with van der Waals surface area (Å²) in [5.41, 5.74) is 13.6. The molecule has 3 amide bonds. The summed E-state index contributed by atoms with van der Waals surface area (Å²) in [6.45, 7) is 0.342. The number of aromatic nitrogens is 1. The number of para-hydroxylation sites is 1. The number of aliphatic carboxylic acids is 2. The number of unbranched alkanes of at least 4 members (excludes halogenated alkanes) is 1. The van der Waals surface area contributed by atoms with E-state index in [1.165, 1.54) is 12.1 Å². The second-order valence-electron chi connectivity index (χ2n) is 10.8. The summed E-state index contributed by atoms with van der Waals surface area (Å²) in [6.07, 6.45) is 2.26. The Hall–Kier alpha value is -4.95. The number of aromatic hydroxyl groups is 1. The number of benzene rings is 2. The predicted molar refractivity (Wildman–Crippen MR) is 165 cm³/mol. The van der Waals surface area contributed by atoms with Gasteiger partial charge in [0, 0.05) is 36.4 Å². The molecule has 0 saturated carbocycles. The van der Waals surface area contributed by atoms with E-state index in [1.807, 2.05) is 24.3 Å². The highest BCUT2D eigenvalue weighted by Gasteiger charge is 2.31. The fourth-order valence-corrected chi connectivity index (χ4v) is 4.79. The number of phenolic OH excluding ortho intramolecular Hbond substituents is 1. The van der Waals surface area contributed by atoms with Crippen molar-refractivity contribution in [2.75, 3.05) is 6.54 Å². The second-order valence-corrected chi connectivity index (χ2v) is 10.8. The quantitative estimate of drug-likeness (QED) is 0.0887. The van der Waals surface area contributed by atoms with Gasteiger partial charge in [0.05, 0.1) is 6.04 Å². The fraction of sp³-hybridized carbons (Fsp3) is 0.387. The van der Waals surface area contributed by atoms with Gasteiger partial charge in [-0.05, 0) is 61.6 Å². The lowest BCUT2D eigenvalue weighted by atomic mass is 10.0. The molecular formula is C31H40N6O8. The molecule has 0 spiro atoms. The number of hydrogen-bond donors (Lipinski definition) is 9. The van der Waals surface area contributed by atoms with Gasteiger partial charge in [0.2, 0.25) is 17.7 Å². The third-order valence-electron chi connectivity index (χ3n) is 7.31. The van der Waals surface area contributed by atoms with Crippen LogP contribution in [0.3, 0.4) is 0 Å². The number of nitrogens with two attached hydrogens (primary N) is 2. The third-order valence-corrected chi connectivity index (χ3v) is 7.31. The van der Waals surface area contributed by atoms with Gasteiger partial charge < -0.3 is 47.7 Å². The van der Waals surface area contributed by atoms with E-state index in [0.717, 1.165) is 10.9 Å². The Morgan fingerprint density at radius 3 is 2.09 bits per heavy atom. The van der Waals surface area contributed by atoms with Crippen molar-refractivity contribution in [3.63, 3.8) is 0 Å². The lowest BCUT2D eigenvalue weighted by Crippen LogP contribution is -2.57. The molecule has 14 heteroatoms. The second kappa shape index (κ2) is 16.8. The first kappa shape index (κ1) is 34.5. The van der Waals surface area contributed by atoms with Crippen LogP contribution < -0.4 is 27.4 Å². The molecular weight excluding hydrogens is 584 g/mol. The summed E-state index contributed by atoms with van der Waals surface area (Å²) in [5.74, 6) is -4.61. The van der Waals surface area contributed by atoms with Crippen LogP contribution in [0.15, 0.2) is 54.7 Å². The van der Waals surface area contributed by atoms with Crippen LogP contribution in [0.4, 0.5) is 0 Å². The number of fused-ring (bicyclic) bond motifs is 1. The molecule has 4 atom stereocenters. The zero-order valence-electron chi connectivity index (χ0n) is 24.7. The van der Waals surface area contributed by atoms with Crippen molar-refractivity contribution in [2.45, 2.75) is 69.1 Å². The average Bonchev–Trinajstić information content (AvgIpc) is 3.42. The largest absolute Gasteiger partial charge is 0.508 e. The van der Waals surface area contributed by atoms with Crippen LogP contribution in [-0.2, 0) is 36.8 Å². The number of nitrogens with one attached hydrogen (secondary N) is 4. The van der Waals surface area contributed by atoms with Crippen molar-refractivity contribution in [2.24, 2.45) is 11.5 Å². The van der Waals surface area contributed by atoms with E-state index >= 15 is 0 Å². The Morgan fingerprint density at radius 1 is 0.778 bits per heavy atom. The lowest BCUT2D eigenvalue weighted by Gasteiger charge is -2.25. The molecule has 1 heterocycles. The molecule has 14 nitrogen and oxygen atoms in total. The molecule has 1 aromatic heterocycles. The van der Waals surface area contributed by atoms with Crippen LogP contribution in [0.2, 0.25) is 0 Å². The average molecular weight is 625 g/mol. The van der Waals surface area contributed by atoms with Crippen molar-refractivity contribution in [1.82, 2.24) is 20.9 Å². The molecule has 11 N–H and O–H groups in total. The van der Waals surface area contributed by atoms with Crippen molar-refractivity contribution >= 4 is 40.6 Å². The Bertz CT molecular complexity index is 1470. The monoisotopic (exact) mass is 624 g/mol. The number of carboxylic acid groups (broad SMARTS) is 2. The Labute approximate surface area is 259 Å². The molecule has 0 saturated heterocycles. The summed E-state index contributed by atoms with van der Waals surface area (Å²) >= 11 is 0. The summed E-state index contributed by atoms with van der Waals surface area (Å²) in [5, 5.41) is 37.0. The fourth-order valence-electron chi connectivity index (χ4n) is 4.79. The molecule has 0 aliphatic heterocycles. The van der Waals surface area contributed by atoms with E-state index < -0.39 is 53.8 Å². The van der Waals surface area contributed by atoms with Gasteiger partial charge in [-0.2, -0.15) is 0 Å². The number of rotatable bonds is 18. The zero-order chi connectivity index (χ0) is 32.9. The van der Waals surface area contributed by atoms with Crippen LogP contribution in [-0.4, -0.2) is 80.7 Å². The van der Waals surface area contributed by atoms with Gasteiger partial charge >= 0.3 is 11.9 Å². The molecule has 4 unspecified atom stereocenters. The van der Waals surface area contributed by atoms with E-state index in [4.69, 9.17) is 16.6 Å². The van der Waals surface area contributed by atoms with Crippen LogP contribution in [0.25, 0.3) is 10.9 Å². The van der Waals surface area contributed by atoms with E-state index in [2.05, 4.69) is 20.9 Å². The molecule has 0 bridgehead atoms. The normalized spacial score (nSPS) is 13.7. The van der Waals surface area contributed by atoms with Crippen LogP contribution in [0.5, 0.6) is 5.75 Å². The summed E-state index contributed by atoms with van der Waals surface area (Å²) < 4.78 is 0. The standard InChI is InChI=1S/C31H40N6O8/c32-14-4-3-7-24(29(42)37-26(31(44)45)16-19-17-34-23-6-2-1-5-21(19)23)35-30(43)25(15-18-8-10-20(38)11-9-18)36-28(41)22(33)12-13-27(39)40/h1-2,5-6,8-11,17,22,24-26,34,38H,3-4,7,12-16,32-33H2,(H,35,43)(H,36,41)(H,37,42)(H,39,40)(H,44,45). The first-order chi connectivity index (χ1) is 21.5. The van der Waals surface area contributed by atoms with Crippen LogP contribution in [0, 0.1) is 0 Å². The number of carboxylic acids is 2. The van der Waals surface area contributed by atoms with Gasteiger partial charge in [0.25, 0.3) is 0 Å². The molecule has 0 aliphatic rings. The third kappa shape index (κ3) is 10.6. The number of carbonyl (C=O) groups is 5. The molecule has 2 aromatic carbocycles. The first-order valence-electron chi connectivity index (χ1n) is 14.6. The number of aromatic amines is 1. The van der Waals surface area contributed by atoms with E-state index in [0.29, 0.717) is 30.5 Å². The van der Waals surface area contributed by atoms with Gasteiger partial charge in [-0.1, -0.05) is 30.3 Å². The number of carbonyl (C=O) groups excluding carboxylic acids is 3. The summed E-state index contributed by atoms with van der Waals surface area (Å²) in [7, 11) is 0. The van der Waals surface area contributed by atoms with Crippen LogP contribution >= 0.6 is 0 Å². The minimum atomic E-state index is -1.30. The van der Waals surface area contributed by atoms with E-state index in [1.54, 1.807) is 18.3 Å². The maximum atomic E-state index is 13.6. The lowest BCUT2D eigenvalue weighted by molar-refractivity contribution is -0.142. The molecule has 0 aliphatic carbocycles. The zero-order valence-corrected chi connectivity index (χ0v) is 24.7. The number of phenols is 1. The number of amides is 3. The van der Waals surface area contributed by atoms with Crippen molar-refractivity contribution in [3.8, 4) is 5.75 Å². The highest BCUT2D eigenvalue weighted by atomic mass is 16.4. The van der Waals surface area contributed by atoms with E-state index in [-0.39, 0.29) is 37.9 Å². The minimum absolute atomic E-state index is 0.00302. The predicted octanol–water partition coefficient (Wildman–Crippen LogP) is 0.519. The first-order valence-corrected chi connectivity index (χ1v) is 14.6. The molecule has 0 radical (unpaired) electrons. The van der Waals surface area contributed by atoms with Crippen molar-refractivity contribution in [3.05, 3.63) is 65.9 Å². The van der Waals surface area contributed by atoms with Gasteiger partial charge in [0.15, 0.2) is 0 Å². The molecule has 45 heavy (non-hydrogen) atoms. The van der Waals surface area contributed by atoms with Gasteiger partial charge in [-0.25, -0.2) is 4.79 Å². The van der Waals surface area contributed by atoms with E-state index in [9.17, 15) is 34.2 Å². The Kier molecular flexibility index (Phi) is 12.9. The van der Waals surface area contributed by atoms with Gasteiger partial charge in [-0.3, -0.25) is 19.2 Å². The Morgan fingerprint density at radius 2 is 1.42 bits per heavy atom. The van der Waals surface area contributed by atoms with Gasteiger partial charge in [0.1, 0.15) is 23.9 Å². The molecule has 0 fully saturated rings. The van der Waals surface area contributed by atoms with Crippen molar-refractivity contribution in [1.29, 1.82) is 0 Å². The maximum Gasteiger partial charge on any atom is 0.326 e. The van der Waals surface area contributed by atoms with Crippen molar-refractivity contribution < 1.29 is 39.3 Å². The number of hydrogen-bond acceptors (Lipinski definition) is 8. The topological polar surface area (TPSA) is 250 Å². The minimum Gasteiger partial charge on any atom is -0.508 e. The maximum absolute atomic E-state index is 13.6. The molecule has 242 valence electrons. The van der Waals surface area contributed by atoms with Gasteiger partial charge in [-0.15, -0.1) is 0 Å². The Balaban J connectivity index is 1.79. The highest BCUT2D eigenvalue weighted by molar-refractivity contribution is 5.94. The molecule has 3 aromatic rings. The highest BCUT2D eigenvalue weighted by Crippen LogP contribution is 2.19. The smallest absolute Gasteiger partial charge is 0.326 e. The summed E-state index contributed by atoms with van der Waals surface area (Å²) in [4.78, 5) is 66.0. The number of H-pyrrole nitrogens is 1. The van der Waals surface area contributed by atoms with Crippen LogP contribution in [0.1, 0.15) is 43.2 Å². The SMILES string of the molecule is NCCCCC(NC(=O)C(Cc1ccc(O)cc1)NC(=O)C(N)CCC(=O)O)C(=O)NC(Cc1c[nH]c2ccccc12)C(=O)O. The molecule has 3 rings (SSSR count).